The van der Waals surface area contributed by atoms with E-state index in [9.17, 15) is 97.9 Å². The highest BCUT2D eigenvalue weighted by atomic mass is 32.3. The summed E-state index contributed by atoms with van der Waals surface area (Å²) in [6.45, 7) is 7.72. The van der Waals surface area contributed by atoms with Crippen LogP contribution in [0.4, 0.5) is 26.3 Å². The van der Waals surface area contributed by atoms with Crippen LogP contribution in [0.2, 0.25) is 0 Å². The van der Waals surface area contributed by atoms with Crippen molar-refractivity contribution in [3.8, 4) is 0 Å². The zero-order valence-electron chi connectivity index (χ0n) is 37.3. The lowest BCUT2D eigenvalue weighted by atomic mass is 10.3. The molecule has 0 bridgehead atoms. The van der Waals surface area contributed by atoms with Gasteiger partial charge >= 0.3 is 15.6 Å². The van der Waals surface area contributed by atoms with Gasteiger partial charge in [0, 0.05) is 12.2 Å². The highest BCUT2D eigenvalue weighted by Gasteiger charge is 2.48. The van der Waals surface area contributed by atoms with Crippen molar-refractivity contribution in [1.29, 1.82) is 0 Å². The van der Waals surface area contributed by atoms with Crippen molar-refractivity contribution in [3.63, 3.8) is 0 Å². The van der Waals surface area contributed by atoms with Gasteiger partial charge in [-0.15, -0.1) is 0 Å². The van der Waals surface area contributed by atoms with E-state index in [0.717, 1.165) is 12.8 Å². The van der Waals surface area contributed by atoms with Crippen LogP contribution in [-0.2, 0) is 119 Å². The molecule has 7 fully saturated rings. The maximum atomic E-state index is 12.3. The van der Waals surface area contributed by atoms with Crippen LogP contribution in [0, 0.1) is 0 Å². The van der Waals surface area contributed by atoms with E-state index in [1.165, 1.54) is 6.92 Å². The smallest absolute Gasteiger partial charge is 0.270 e. The van der Waals surface area contributed by atoms with Gasteiger partial charge in [-0.05, 0) is 79.0 Å². The molecular formula is C30H56F6O24S9. The van der Waals surface area contributed by atoms with Gasteiger partial charge < -0.3 is 0 Å². The van der Waals surface area contributed by atoms with Crippen LogP contribution in [0.5, 0.6) is 0 Å². The zero-order chi connectivity index (χ0) is 54.3. The van der Waals surface area contributed by atoms with E-state index < -0.39 is 127 Å². The van der Waals surface area contributed by atoms with Gasteiger partial charge in [0.05, 0.1) is 68.4 Å². The molecule has 7 aliphatic heterocycles. The molecule has 39 heteroatoms. The molecule has 0 aliphatic carbocycles. The van der Waals surface area contributed by atoms with Crippen molar-refractivity contribution in [1.82, 2.24) is 0 Å². The Morgan fingerprint density at radius 1 is 0.594 bits per heavy atom. The highest BCUT2D eigenvalue weighted by Crippen LogP contribution is 2.26. The SMILES string of the molecule is C=S1(=O)CCCS(=O)(=O)O1.CC(F)OS(=O)(=O)C(F)(F)F.CC1CCOS1(=O)=O.CC1CCOS1(=O)=O.CC1CCS(=O)(=O)O1.CC1OS(=O)(=O)CC1F.O=S1(=O)CCC(F)O1.O=S1(=O)CCCC1. The van der Waals surface area contributed by atoms with Gasteiger partial charge in [-0.2, -0.15) is 75.7 Å². The summed E-state index contributed by atoms with van der Waals surface area (Å²) in [4.78, 5) is 0. The zero-order valence-corrected chi connectivity index (χ0v) is 44.7. The molecule has 416 valence electrons. The Labute approximate surface area is 400 Å². The molecule has 0 spiro atoms. The summed E-state index contributed by atoms with van der Waals surface area (Å²) in [6, 6.07) is 0. The molecule has 7 rings (SSSR count). The molecule has 8 unspecified atom stereocenters. The minimum absolute atomic E-state index is 0.0255. The first kappa shape index (κ1) is 67.9. The van der Waals surface area contributed by atoms with Crippen LogP contribution in [0.15, 0.2) is 0 Å². The summed E-state index contributed by atoms with van der Waals surface area (Å²) in [7, 11) is -31.0. The average molecular weight is 1200 g/mol. The Bertz CT molecular complexity index is 2520. The number of hydrogen-bond donors (Lipinski definition) is 0. The average Bonchev–Trinajstić information content (AvgIpc) is 3.96. The second-order valence-corrected chi connectivity index (χ2v) is 31.9. The van der Waals surface area contributed by atoms with E-state index in [-0.39, 0.29) is 46.0 Å². The van der Waals surface area contributed by atoms with Crippen LogP contribution in [-0.4, -0.2) is 178 Å². The fourth-order valence-electron chi connectivity index (χ4n) is 4.68. The van der Waals surface area contributed by atoms with Crippen LogP contribution < -0.4 is 0 Å². The molecule has 0 N–H and O–H groups in total. The Morgan fingerprint density at radius 2 is 1.04 bits per heavy atom. The fourth-order valence-corrected chi connectivity index (χ4v) is 15.5. The van der Waals surface area contributed by atoms with Gasteiger partial charge in [0.2, 0.25) is 12.7 Å². The Balaban J connectivity index is 0.000000768. The van der Waals surface area contributed by atoms with Crippen LogP contribution in [0.25, 0.3) is 0 Å². The Hall–Kier alpha value is -1.08. The van der Waals surface area contributed by atoms with Crippen molar-refractivity contribution in [2.45, 2.75) is 127 Å². The maximum absolute atomic E-state index is 12.3. The van der Waals surface area contributed by atoms with Gasteiger partial charge in [0.1, 0.15) is 27.9 Å². The van der Waals surface area contributed by atoms with Gasteiger partial charge in [0.25, 0.3) is 60.7 Å². The summed E-state index contributed by atoms with van der Waals surface area (Å²) >= 11 is 0. The monoisotopic (exact) mass is 1200 g/mol. The molecule has 24 nitrogen and oxygen atoms in total. The molecule has 0 radical (unpaired) electrons. The van der Waals surface area contributed by atoms with Gasteiger partial charge in [-0.3, -0.25) is 16.7 Å². The number of rotatable bonds is 2. The third kappa shape index (κ3) is 29.4. The standard InChI is InChI=1S/C4H7FO3S.C4H8O4S2.3C4H8O3S.C4H8O2S.C3H4F4O3S.C3H5FO3S/c1-3-4(5)2-9(6,7)8-3;1-9(5)3-2-4-10(6,7)8-9;1-4-2-3-8(5,6)7-4;2*1-4-2-3-7-8(4,5)6;5-7(6)3-1-2-4-7;1-2(4)10-11(8,9)3(5,6)7;4-3-1-2-8(5,6)7-3/h3-4H,2H2,1H3;1-4H2;3*4H,2-3H2,1H3;1-4H2;2H,1H3;3H,1-2H2. The fraction of sp³-hybridized carbons (Fsp3) is 0.967. The van der Waals surface area contributed by atoms with E-state index in [1.54, 1.807) is 20.8 Å². The first-order valence-electron chi connectivity index (χ1n) is 19.7. The summed E-state index contributed by atoms with van der Waals surface area (Å²) in [5.41, 5.74) is -5.56. The molecule has 7 aliphatic rings. The largest absolute Gasteiger partial charge is 0.523 e. The molecule has 0 aromatic heterocycles. The lowest BCUT2D eigenvalue weighted by Gasteiger charge is -2.14. The summed E-state index contributed by atoms with van der Waals surface area (Å²) in [5.74, 6) is 3.71. The second-order valence-electron chi connectivity index (χ2n) is 14.9. The molecule has 0 amide bonds. The molecule has 0 aromatic rings. The molecular weight excluding hydrogens is 1150 g/mol. The summed E-state index contributed by atoms with van der Waals surface area (Å²) in [5, 5.41) is -0.579. The molecule has 0 saturated carbocycles. The van der Waals surface area contributed by atoms with Crippen LogP contribution in [0.1, 0.15) is 79.6 Å². The quantitative estimate of drug-likeness (QED) is 0.162. The Kier molecular flexibility index (Phi) is 27.0. The van der Waals surface area contributed by atoms with E-state index in [0.29, 0.717) is 57.3 Å². The highest BCUT2D eigenvalue weighted by molar-refractivity contribution is 8.05. The lowest BCUT2D eigenvalue weighted by Crippen LogP contribution is -2.27. The molecule has 7 heterocycles. The van der Waals surface area contributed by atoms with E-state index in [4.69, 9.17) is 0 Å². The first-order valence-corrected chi connectivity index (χ1v) is 34.0. The predicted molar refractivity (Wildman–Crippen MR) is 235 cm³/mol. The Morgan fingerprint density at radius 3 is 1.17 bits per heavy atom. The van der Waals surface area contributed by atoms with Gasteiger partial charge in [0.15, 0.2) is 0 Å². The number of hydrogen-bond acceptors (Lipinski definition) is 24. The third-order valence-corrected chi connectivity index (χ3v) is 22.2. The predicted octanol–water partition coefficient (Wildman–Crippen LogP) is 1.21. The van der Waals surface area contributed by atoms with Crippen molar-refractivity contribution in [2.75, 3.05) is 53.5 Å². The normalized spacial score (nSPS) is 32.9. The number of sulfone groups is 1. The number of halogens is 6. The minimum Gasteiger partial charge on any atom is -0.270 e. The minimum atomic E-state index is -5.77. The lowest BCUT2D eigenvalue weighted by molar-refractivity contribution is -0.0629. The van der Waals surface area contributed by atoms with Gasteiger partial charge in [-0.25, -0.2) is 34.2 Å². The number of alkyl halides is 6. The second kappa shape index (κ2) is 27.5. The van der Waals surface area contributed by atoms with E-state index >= 15 is 0 Å². The molecule has 0 aromatic carbocycles. The van der Waals surface area contributed by atoms with Crippen molar-refractivity contribution in [2.24, 2.45) is 0 Å². The summed E-state index contributed by atoms with van der Waals surface area (Å²) in [6.07, 6.45) is -2.31. The van der Waals surface area contributed by atoms with Crippen molar-refractivity contribution >= 4 is 96.3 Å². The molecule has 8 atom stereocenters. The first-order chi connectivity index (χ1) is 30.8. The van der Waals surface area contributed by atoms with Crippen LogP contribution >= 0.6 is 0 Å². The van der Waals surface area contributed by atoms with Gasteiger partial charge in [-0.1, -0.05) is 0 Å². The van der Waals surface area contributed by atoms with Crippen molar-refractivity contribution < 1.29 is 127 Å². The van der Waals surface area contributed by atoms with E-state index in [2.05, 4.69) is 34.6 Å². The topological polar surface area (TPSA) is 355 Å². The molecule has 7 saturated heterocycles. The maximum Gasteiger partial charge on any atom is 0.523 e. The van der Waals surface area contributed by atoms with Crippen molar-refractivity contribution in [3.05, 3.63) is 0 Å². The van der Waals surface area contributed by atoms with E-state index in [1.807, 2.05) is 0 Å². The summed E-state index contributed by atoms with van der Waals surface area (Å²) < 4.78 is 275. The third-order valence-electron chi connectivity index (χ3n) is 8.41. The molecule has 69 heavy (non-hydrogen) atoms. The van der Waals surface area contributed by atoms with Crippen LogP contribution in [0.3, 0.4) is 0 Å².